The first-order valence-corrected chi connectivity index (χ1v) is 7.36. The third-order valence-electron chi connectivity index (χ3n) is 4.16. The van der Waals surface area contributed by atoms with Crippen molar-refractivity contribution in [3.8, 4) is 0 Å². The fourth-order valence-electron chi connectivity index (χ4n) is 2.68. The van der Waals surface area contributed by atoms with Gasteiger partial charge in [-0.2, -0.15) is 0 Å². The third-order valence-corrected chi connectivity index (χ3v) is 4.16. The fraction of sp³-hybridized carbons (Fsp3) is 0.562. The van der Waals surface area contributed by atoms with Crippen molar-refractivity contribution in [3.63, 3.8) is 0 Å². The van der Waals surface area contributed by atoms with Crippen molar-refractivity contribution in [2.24, 2.45) is 11.1 Å². The molecule has 0 spiro atoms. The van der Waals surface area contributed by atoms with E-state index >= 15 is 0 Å². The minimum Gasteiger partial charge on any atom is -0.351 e. The second-order valence-corrected chi connectivity index (χ2v) is 6.50. The van der Waals surface area contributed by atoms with Gasteiger partial charge in [-0.15, -0.1) is 12.4 Å². The van der Waals surface area contributed by atoms with Crippen molar-refractivity contribution >= 4 is 18.3 Å². The molecule has 1 aliphatic heterocycles. The Hall–Kier alpha value is -1.17. The molecular weight excluding hydrogens is 305 g/mol. The number of benzene rings is 1. The Morgan fingerprint density at radius 3 is 2.64 bits per heavy atom. The van der Waals surface area contributed by atoms with Crippen LogP contribution in [0.4, 0.5) is 4.39 Å². The molecule has 1 amide bonds. The lowest BCUT2D eigenvalue weighted by atomic mass is 9.80. The van der Waals surface area contributed by atoms with E-state index in [2.05, 4.69) is 24.1 Å². The van der Waals surface area contributed by atoms with E-state index in [4.69, 9.17) is 5.73 Å². The molecule has 1 heterocycles. The van der Waals surface area contributed by atoms with Gasteiger partial charge in [-0.1, -0.05) is 26.0 Å². The lowest BCUT2D eigenvalue weighted by Crippen LogP contribution is -2.54. The van der Waals surface area contributed by atoms with Crippen LogP contribution in [0.5, 0.6) is 0 Å². The van der Waals surface area contributed by atoms with E-state index in [1.54, 1.807) is 12.1 Å². The molecule has 1 atom stereocenters. The predicted molar refractivity (Wildman–Crippen MR) is 88.3 cm³/mol. The van der Waals surface area contributed by atoms with Crippen LogP contribution in [0.15, 0.2) is 24.3 Å². The lowest BCUT2D eigenvalue weighted by molar-refractivity contribution is -0.123. The second-order valence-electron chi connectivity index (χ2n) is 6.50. The Labute approximate surface area is 137 Å². The summed E-state index contributed by atoms with van der Waals surface area (Å²) in [4.78, 5) is 14.1. The van der Waals surface area contributed by atoms with Gasteiger partial charge in [0, 0.05) is 25.7 Å². The molecule has 0 radical (unpaired) electrons. The molecule has 1 aromatic carbocycles. The maximum Gasteiger partial charge on any atom is 0.234 e. The summed E-state index contributed by atoms with van der Waals surface area (Å²) in [5.41, 5.74) is 7.03. The van der Waals surface area contributed by atoms with Crippen LogP contribution in [-0.2, 0) is 11.3 Å². The standard InChI is InChI=1S/C16H24FN3O.ClH/c1-16(2)11-20(8-7-14(16)18)10-15(21)19-9-12-3-5-13(17)6-4-12;/h3-6,14H,7-11,18H2,1-2H3,(H,19,21);1H. The first kappa shape index (κ1) is 18.9. The van der Waals surface area contributed by atoms with Crippen LogP contribution in [0.3, 0.4) is 0 Å². The van der Waals surface area contributed by atoms with Gasteiger partial charge >= 0.3 is 0 Å². The highest BCUT2D eigenvalue weighted by molar-refractivity contribution is 5.85. The van der Waals surface area contributed by atoms with Crippen LogP contribution in [0.1, 0.15) is 25.8 Å². The SMILES string of the molecule is CC1(C)CN(CC(=O)NCc2ccc(F)cc2)CCC1N.Cl. The van der Waals surface area contributed by atoms with Crippen LogP contribution >= 0.6 is 12.4 Å². The van der Waals surface area contributed by atoms with Crippen molar-refractivity contribution in [3.05, 3.63) is 35.6 Å². The van der Waals surface area contributed by atoms with Crippen molar-refractivity contribution < 1.29 is 9.18 Å². The molecule has 1 aromatic rings. The van der Waals surface area contributed by atoms with Crippen LogP contribution in [0.2, 0.25) is 0 Å². The minimum atomic E-state index is -0.267. The molecule has 0 saturated carbocycles. The number of likely N-dealkylation sites (tertiary alicyclic amines) is 1. The third kappa shape index (κ3) is 5.23. The Morgan fingerprint density at radius 2 is 2.05 bits per heavy atom. The van der Waals surface area contributed by atoms with Crippen LogP contribution < -0.4 is 11.1 Å². The molecule has 124 valence electrons. The quantitative estimate of drug-likeness (QED) is 0.887. The van der Waals surface area contributed by atoms with Crippen molar-refractivity contribution in [2.45, 2.75) is 32.9 Å². The van der Waals surface area contributed by atoms with Crippen molar-refractivity contribution in [2.75, 3.05) is 19.6 Å². The molecule has 0 aliphatic carbocycles. The predicted octanol–water partition coefficient (Wildman–Crippen LogP) is 1.92. The summed E-state index contributed by atoms with van der Waals surface area (Å²) in [6.07, 6.45) is 0.915. The van der Waals surface area contributed by atoms with Gasteiger partial charge in [0.05, 0.1) is 6.54 Å². The summed E-state index contributed by atoms with van der Waals surface area (Å²) in [5, 5.41) is 2.87. The number of carbonyl (C=O) groups excluding carboxylic acids is 1. The average Bonchev–Trinajstić information content (AvgIpc) is 2.42. The molecule has 0 bridgehead atoms. The summed E-state index contributed by atoms with van der Waals surface area (Å²) in [5.74, 6) is -0.275. The Morgan fingerprint density at radius 1 is 1.41 bits per heavy atom. The number of nitrogens with one attached hydrogen (secondary N) is 1. The molecular formula is C16H25ClFN3O. The first-order valence-electron chi connectivity index (χ1n) is 7.36. The highest BCUT2D eigenvalue weighted by atomic mass is 35.5. The first-order chi connectivity index (χ1) is 9.87. The zero-order chi connectivity index (χ0) is 15.5. The van der Waals surface area contributed by atoms with Crippen molar-refractivity contribution in [1.82, 2.24) is 10.2 Å². The van der Waals surface area contributed by atoms with E-state index in [1.807, 2.05) is 0 Å². The smallest absolute Gasteiger partial charge is 0.234 e. The van der Waals surface area contributed by atoms with Crippen molar-refractivity contribution in [1.29, 1.82) is 0 Å². The monoisotopic (exact) mass is 329 g/mol. The molecule has 0 aromatic heterocycles. The van der Waals surface area contributed by atoms with Crippen LogP contribution in [-0.4, -0.2) is 36.5 Å². The summed E-state index contributed by atoms with van der Waals surface area (Å²) in [6, 6.07) is 6.35. The number of carbonyl (C=O) groups is 1. The molecule has 6 heteroatoms. The van der Waals surface area contributed by atoms with E-state index in [1.165, 1.54) is 12.1 Å². The van der Waals surface area contributed by atoms with Gasteiger partial charge in [0.25, 0.3) is 0 Å². The largest absolute Gasteiger partial charge is 0.351 e. The second kappa shape index (κ2) is 7.90. The highest BCUT2D eigenvalue weighted by Gasteiger charge is 2.33. The van der Waals surface area contributed by atoms with Crippen LogP contribution in [0, 0.1) is 11.2 Å². The van der Waals surface area contributed by atoms with E-state index < -0.39 is 0 Å². The summed E-state index contributed by atoms with van der Waals surface area (Å²) >= 11 is 0. The number of nitrogens with zero attached hydrogens (tertiary/aromatic N) is 1. The van der Waals surface area contributed by atoms with Gasteiger partial charge in [-0.05, 0) is 29.5 Å². The molecule has 1 aliphatic rings. The maximum atomic E-state index is 12.8. The summed E-state index contributed by atoms with van der Waals surface area (Å²) in [7, 11) is 0. The van der Waals surface area contributed by atoms with Gasteiger partial charge in [0.2, 0.25) is 5.91 Å². The number of amides is 1. The number of rotatable bonds is 4. The fourth-order valence-corrected chi connectivity index (χ4v) is 2.68. The lowest BCUT2D eigenvalue weighted by Gasteiger charge is -2.42. The van der Waals surface area contributed by atoms with Gasteiger partial charge in [-0.25, -0.2) is 4.39 Å². The number of nitrogens with two attached hydrogens (primary N) is 1. The molecule has 2 rings (SSSR count). The van der Waals surface area contributed by atoms with Gasteiger partial charge < -0.3 is 11.1 Å². The zero-order valence-electron chi connectivity index (χ0n) is 13.1. The Bertz CT molecular complexity index is 493. The van der Waals surface area contributed by atoms with Gasteiger partial charge in [0.15, 0.2) is 0 Å². The topological polar surface area (TPSA) is 58.4 Å². The zero-order valence-corrected chi connectivity index (χ0v) is 14.0. The number of hydrogen-bond donors (Lipinski definition) is 2. The van der Waals surface area contributed by atoms with E-state index in [-0.39, 0.29) is 35.6 Å². The summed E-state index contributed by atoms with van der Waals surface area (Å²) in [6.45, 7) is 6.78. The minimum absolute atomic E-state index is 0. The van der Waals surface area contributed by atoms with E-state index in [0.717, 1.165) is 25.1 Å². The van der Waals surface area contributed by atoms with Gasteiger partial charge in [0.1, 0.15) is 5.82 Å². The molecule has 4 nitrogen and oxygen atoms in total. The maximum absolute atomic E-state index is 12.8. The summed E-state index contributed by atoms with van der Waals surface area (Å²) < 4.78 is 12.8. The normalized spacial score (nSPS) is 21.0. The molecule has 1 unspecified atom stereocenters. The number of halogens is 2. The molecule has 1 saturated heterocycles. The van der Waals surface area contributed by atoms with Crippen LogP contribution in [0.25, 0.3) is 0 Å². The average molecular weight is 330 g/mol. The Kier molecular flexibility index (Phi) is 6.78. The number of hydrogen-bond acceptors (Lipinski definition) is 3. The molecule has 22 heavy (non-hydrogen) atoms. The highest BCUT2D eigenvalue weighted by Crippen LogP contribution is 2.27. The van der Waals surface area contributed by atoms with Gasteiger partial charge in [-0.3, -0.25) is 9.69 Å². The van der Waals surface area contributed by atoms with E-state index in [0.29, 0.717) is 13.1 Å². The number of piperidine rings is 1. The molecule has 3 N–H and O–H groups in total. The van der Waals surface area contributed by atoms with E-state index in [9.17, 15) is 9.18 Å². The Balaban J connectivity index is 0.00000242. The molecule has 1 fully saturated rings.